The topological polar surface area (TPSA) is 103 Å². The highest BCUT2D eigenvalue weighted by atomic mass is 32.2. The lowest BCUT2D eigenvalue weighted by Gasteiger charge is -2.28. The normalized spacial score (nSPS) is 14.6. The summed E-state index contributed by atoms with van der Waals surface area (Å²) in [4.78, 5) is 2.57. The van der Waals surface area contributed by atoms with Crippen LogP contribution in [0, 0.1) is 11.3 Å². The van der Waals surface area contributed by atoms with Crippen molar-refractivity contribution in [2.45, 2.75) is 20.8 Å². The van der Waals surface area contributed by atoms with Gasteiger partial charge in [0.25, 0.3) is 10.1 Å². The molecule has 1 N–H and O–H groups in total. The molecular weight excluding hydrogens is 206 g/mol. The van der Waals surface area contributed by atoms with E-state index >= 15 is 0 Å². The molecule has 6 nitrogen and oxygen atoms in total. The Labute approximate surface area is 83.7 Å². The van der Waals surface area contributed by atoms with E-state index in [9.17, 15) is 8.42 Å². The molecule has 82 valence electrons. The SMILES string of the molecule is CC(C)(C)C(CN=[N+]=[N-])CS(=O)(=O)O. The van der Waals surface area contributed by atoms with Crippen LogP contribution in [0.15, 0.2) is 5.11 Å². The number of hydrogen-bond donors (Lipinski definition) is 1. The second-order valence-corrected chi connectivity index (χ2v) is 5.72. The molecule has 0 amide bonds. The van der Waals surface area contributed by atoms with E-state index in [-0.39, 0.29) is 23.6 Å². The maximum absolute atomic E-state index is 10.7. The highest BCUT2D eigenvalue weighted by Crippen LogP contribution is 2.27. The molecule has 7 heteroatoms. The zero-order valence-electron chi connectivity index (χ0n) is 8.51. The zero-order chi connectivity index (χ0) is 11.4. The maximum Gasteiger partial charge on any atom is 0.265 e. The molecule has 0 heterocycles. The molecule has 1 atom stereocenters. The van der Waals surface area contributed by atoms with Gasteiger partial charge in [-0.05, 0) is 16.9 Å². The van der Waals surface area contributed by atoms with E-state index in [1.807, 2.05) is 20.8 Å². The zero-order valence-corrected chi connectivity index (χ0v) is 9.32. The summed E-state index contributed by atoms with van der Waals surface area (Å²) in [6.07, 6.45) is 0. The molecule has 0 aromatic rings. The van der Waals surface area contributed by atoms with Gasteiger partial charge in [-0.25, -0.2) is 0 Å². The van der Waals surface area contributed by atoms with Crippen molar-refractivity contribution in [3.05, 3.63) is 10.4 Å². The molecule has 0 saturated carbocycles. The van der Waals surface area contributed by atoms with Crippen molar-refractivity contribution in [1.82, 2.24) is 0 Å². The summed E-state index contributed by atoms with van der Waals surface area (Å²) >= 11 is 0. The Balaban J connectivity index is 4.66. The fourth-order valence-electron chi connectivity index (χ4n) is 0.966. The minimum atomic E-state index is -4.02. The summed E-state index contributed by atoms with van der Waals surface area (Å²) in [5.41, 5.74) is 7.80. The predicted octanol–water partition coefficient (Wildman–Crippen LogP) is 1.85. The van der Waals surface area contributed by atoms with Gasteiger partial charge in [-0.15, -0.1) is 0 Å². The van der Waals surface area contributed by atoms with Gasteiger partial charge in [0.2, 0.25) is 0 Å². The molecule has 0 aliphatic carbocycles. The average molecular weight is 221 g/mol. The van der Waals surface area contributed by atoms with Gasteiger partial charge >= 0.3 is 0 Å². The molecule has 0 fully saturated rings. The molecule has 0 aromatic heterocycles. The van der Waals surface area contributed by atoms with E-state index in [1.54, 1.807) is 0 Å². The summed E-state index contributed by atoms with van der Waals surface area (Å²) in [6.45, 7) is 5.56. The Morgan fingerprint density at radius 1 is 1.50 bits per heavy atom. The number of nitrogens with zero attached hydrogens (tertiary/aromatic N) is 3. The van der Waals surface area contributed by atoms with Crippen LogP contribution in [0.1, 0.15) is 20.8 Å². The van der Waals surface area contributed by atoms with Crippen molar-refractivity contribution in [2.24, 2.45) is 16.4 Å². The van der Waals surface area contributed by atoms with E-state index in [2.05, 4.69) is 10.0 Å². The lowest BCUT2D eigenvalue weighted by molar-refractivity contribution is 0.266. The van der Waals surface area contributed by atoms with Gasteiger partial charge in [-0.2, -0.15) is 8.42 Å². The molecule has 0 aromatic carbocycles. The molecule has 1 unspecified atom stereocenters. The van der Waals surface area contributed by atoms with Crippen LogP contribution in [0.5, 0.6) is 0 Å². The lowest BCUT2D eigenvalue weighted by Crippen LogP contribution is -2.30. The van der Waals surface area contributed by atoms with Crippen LogP contribution in [-0.2, 0) is 10.1 Å². The van der Waals surface area contributed by atoms with Crippen molar-refractivity contribution in [1.29, 1.82) is 0 Å². The van der Waals surface area contributed by atoms with Gasteiger partial charge in [0, 0.05) is 11.5 Å². The smallest absolute Gasteiger partial charge is 0.265 e. The standard InChI is InChI=1S/C7H15N3O3S/c1-7(2,3)6(4-9-10-8)5-14(11,12)13/h6H,4-5H2,1-3H3,(H,11,12,13). The summed E-state index contributed by atoms with van der Waals surface area (Å²) in [5, 5.41) is 3.33. The first-order valence-corrected chi connectivity index (χ1v) is 5.74. The number of hydrogen-bond acceptors (Lipinski definition) is 3. The average Bonchev–Trinajstić information content (AvgIpc) is 1.93. The fraction of sp³-hybridized carbons (Fsp3) is 1.00. The van der Waals surface area contributed by atoms with E-state index < -0.39 is 10.1 Å². The Morgan fingerprint density at radius 3 is 2.29 bits per heavy atom. The van der Waals surface area contributed by atoms with Crippen LogP contribution >= 0.6 is 0 Å². The molecule has 0 aliphatic heterocycles. The van der Waals surface area contributed by atoms with Gasteiger partial charge in [0.15, 0.2) is 0 Å². The first-order chi connectivity index (χ1) is 6.17. The largest absolute Gasteiger partial charge is 0.286 e. The minimum absolute atomic E-state index is 0.0692. The molecule has 0 spiro atoms. The third-order valence-corrected chi connectivity index (χ3v) is 2.83. The van der Waals surface area contributed by atoms with Gasteiger partial charge in [0.1, 0.15) is 0 Å². The Morgan fingerprint density at radius 2 is 2.00 bits per heavy atom. The van der Waals surface area contributed by atoms with E-state index in [1.165, 1.54) is 0 Å². The van der Waals surface area contributed by atoms with E-state index in [4.69, 9.17) is 10.1 Å². The lowest BCUT2D eigenvalue weighted by atomic mass is 9.82. The second-order valence-electron chi connectivity index (χ2n) is 4.22. The van der Waals surface area contributed by atoms with Crippen molar-refractivity contribution >= 4 is 10.1 Å². The fourth-order valence-corrected chi connectivity index (χ4v) is 2.08. The van der Waals surface area contributed by atoms with Crippen molar-refractivity contribution < 1.29 is 13.0 Å². The Kier molecular flexibility index (Phi) is 4.38. The van der Waals surface area contributed by atoms with Gasteiger partial charge in [-0.3, -0.25) is 4.55 Å². The van der Waals surface area contributed by atoms with Crippen LogP contribution in [0.3, 0.4) is 0 Å². The molecule has 14 heavy (non-hydrogen) atoms. The maximum atomic E-state index is 10.7. The van der Waals surface area contributed by atoms with Crippen LogP contribution < -0.4 is 0 Å². The van der Waals surface area contributed by atoms with Gasteiger partial charge in [0.05, 0.1) is 5.75 Å². The third-order valence-electron chi connectivity index (χ3n) is 2.00. The van der Waals surface area contributed by atoms with E-state index in [0.29, 0.717) is 0 Å². The molecule has 0 radical (unpaired) electrons. The van der Waals surface area contributed by atoms with Crippen molar-refractivity contribution in [3.63, 3.8) is 0 Å². The van der Waals surface area contributed by atoms with Gasteiger partial charge in [-0.1, -0.05) is 25.9 Å². The Bertz CT molecular complexity index is 325. The summed E-state index contributed by atoms with van der Waals surface area (Å²) < 4.78 is 30.0. The van der Waals surface area contributed by atoms with Crippen LogP contribution in [-0.4, -0.2) is 25.3 Å². The third kappa shape index (κ3) is 5.80. The van der Waals surface area contributed by atoms with Crippen molar-refractivity contribution in [3.8, 4) is 0 Å². The number of rotatable bonds is 4. The molecule has 0 saturated heterocycles. The number of azide groups is 1. The van der Waals surface area contributed by atoms with Crippen LogP contribution in [0.25, 0.3) is 10.4 Å². The summed E-state index contributed by atoms with van der Waals surface area (Å²) in [5.74, 6) is -0.761. The minimum Gasteiger partial charge on any atom is -0.286 e. The molecule has 0 aliphatic rings. The first kappa shape index (κ1) is 13.2. The first-order valence-electron chi connectivity index (χ1n) is 4.13. The quantitative estimate of drug-likeness (QED) is 0.339. The highest BCUT2D eigenvalue weighted by Gasteiger charge is 2.28. The monoisotopic (exact) mass is 221 g/mol. The molecular formula is C7H15N3O3S. The van der Waals surface area contributed by atoms with Crippen molar-refractivity contribution in [2.75, 3.05) is 12.3 Å². The Hall–Kier alpha value is -0.780. The summed E-state index contributed by atoms with van der Waals surface area (Å²) in [7, 11) is -4.02. The second kappa shape index (κ2) is 4.63. The van der Waals surface area contributed by atoms with Crippen LogP contribution in [0.4, 0.5) is 0 Å². The molecule has 0 bridgehead atoms. The van der Waals surface area contributed by atoms with E-state index in [0.717, 1.165) is 0 Å². The predicted molar refractivity (Wildman–Crippen MR) is 53.4 cm³/mol. The molecule has 0 rings (SSSR count). The van der Waals surface area contributed by atoms with Crippen LogP contribution in [0.2, 0.25) is 0 Å². The van der Waals surface area contributed by atoms with Gasteiger partial charge < -0.3 is 0 Å². The summed E-state index contributed by atoms with van der Waals surface area (Å²) in [6, 6.07) is 0. The highest BCUT2D eigenvalue weighted by molar-refractivity contribution is 7.85.